The maximum atomic E-state index is 14.9. The third-order valence-corrected chi connectivity index (χ3v) is 8.20. The average molecular weight is 478 g/mol. The zero-order valence-electron chi connectivity index (χ0n) is 20.1. The number of cyclic esters (lactones) is 1. The summed E-state index contributed by atoms with van der Waals surface area (Å²) in [6.45, 7) is 7.82. The molecule has 3 aliphatic heterocycles. The van der Waals surface area contributed by atoms with Crippen molar-refractivity contribution in [3.63, 3.8) is 0 Å². The summed E-state index contributed by atoms with van der Waals surface area (Å²) in [5.74, 6) is -1.03. The number of carbonyl (C=O) groups excluding carboxylic acids is 1. The maximum absolute atomic E-state index is 14.9. The van der Waals surface area contributed by atoms with E-state index in [1.54, 1.807) is 10.6 Å². The van der Waals surface area contributed by atoms with Crippen LogP contribution in [-0.2, 0) is 34.5 Å². The van der Waals surface area contributed by atoms with Gasteiger partial charge in [0.05, 0.1) is 29.0 Å². The number of aryl methyl sites for hydroxylation is 1. The first-order valence-electron chi connectivity index (χ1n) is 12.4. The number of carbonyl (C=O) groups is 1. The first-order valence-corrected chi connectivity index (χ1v) is 12.4. The smallest absolute Gasteiger partial charge is 0.340 e. The molecule has 0 saturated carbocycles. The molecule has 4 aliphatic rings. The van der Waals surface area contributed by atoms with Gasteiger partial charge < -0.3 is 19.7 Å². The first kappa shape index (κ1) is 22.4. The molecule has 7 nitrogen and oxygen atoms in total. The minimum absolute atomic E-state index is 0.0770. The average Bonchev–Trinajstić information content (AvgIpc) is 3.48. The second-order valence-electron chi connectivity index (χ2n) is 9.74. The van der Waals surface area contributed by atoms with Gasteiger partial charge in [0.25, 0.3) is 5.56 Å². The number of fused-ring (bicyclic) bond motifs is 6. The number of ether oxygens (including phenoxy) is 1. The van der Waals surface area contributed by atoms with Gasteiger partial charge in [-0.05, 0) is 55.5 Å². The van der Waals surface area contributed by atoms with Crippen LogP contribution >= 0.6 is 0 Å². The summed E-state index contributed by atoms with van der Waals surface area (Å²) < 4.78 is 21.5. The minimum atomic E-state index is -1.49. The quantitative estimate of drug-likeness (QED) is 0.378. The van der Waals surface area contributed by atoms with Crippen LogP contribution in [0.1, 0.15) is 66.2 Å². The van der Waals surface area contributed by atoms with Gasteiger partial charge in [0, 0.05) is 34.5 Å². The fourth-order valence-corrected chi connectivity index (χ4v) is 6.49. The molecule has 1 aromatic carbocycles. The number of aliphatic hydroxyl groups is 1. The molecule has 1 aliphatic carbocycles. The second kappa shape index (κ2) is 7.70. The van der Waals surface area contributed by atoms with Crippen LogP contribution in [0.3, 0.4) is 0 Å². The van der Waals surface area contributed by atoms with E-state index in [0.29, 0.717) is 34.6 Å². The van der Waals surface area contributed by atoms with E-state index in [0.717, 1.165) is 48.9 Å². The Kier molecular flexibility index (Phi) is 4.92. The molecule has 2 N–H and O–H groups in total. The molecule has 1 spiro atoms. The lowest BCUT2D eigenvalue weighted by atomic mass is 9.67. The lowest BCUT2D eigenvalue weighted by Crippen LogP contribution is -2.35. The second-order valence-corrected chi connectivity index (χ2v) is 9.74. The molecule has 1 fully saturated rings. The number of nitrogens with one attached hydrogen (secondary N) is 1. The summed E-state index contributed by atoms with van der Waals surface area (Å²) in [5.41, 5.74) is 5.91. The van der Waals surface area contributed by atoms with Gasteiger partial charge in [-0.25, -0.2) is 14.2 Å². The van der Waals surface area contributed by atoms with Crippen molar-refractivity contribution in [3.8, 4) is 11.4 Å². The van der Waals surface area contributed by atoms with Crippen LogP contribution in [0.25, 0.3) is 22.3 Å². The van der Waals surface area contributed by atoms with Gasteiger partial charge in [-0.15, -0.1) is 0 Å². The first-order chi connectivity index (χ1) is 16.9. The number of hydrogen-bond donors (Lipinski definition) is 2. The van der Waals surface area contributed by atoms with E-state index in [1.807, 2.05) is 20.8 Å². The highest BCUT2D eigenvalue weighted by Crippen LogP contribution is 2.50. The molecule has 7 rings (SSSR count). The van der Waals surface area contributed by atoms with Crippen LogP contribution in [-0.4, -0.2) is 33.7 Å². The van der Waals surface area contributed by atoms with Crippen molar-refractivity contribution < 1.29 is 19.0 Å². The fraction of sp³-hybridized carbons (Fsp3) is 0.444. The standard InChI is InChI=1S/C25H22FN3O4.C2H6/c1-11-12-2-3-25(4-5-27-10-25)20-14-8-29-18(21(14)28-17(19(12)20)7-16(11)26)6-13-15(23(29)31)9-33-24(32)22(13)30;1-2/h6-7,22,27,30H,2-5,8-10H2,1H3;1-2H3. The number of aliphatic hydroxyl groups excluding tert-OH is 1. The van der Waals surface area contributed by atoms with Crippen molar-refractivity contribution >= 4 is 16.9 Å². The Morgan fingerprint density at radius 1 is 1.20 bits per heavy atom. The van der Waals surface area contributed by atoms with Crippen LogP contribution < -0.4 is 10.9 Å². The van der Waals surface area contributed by atoms with E-state index < -0.39 is 12.1 Å². The number of aromatic nitrogens is 2. The Morgan fingerprint density at radius 2 is 2.00 bits per heavy atom. The third-order valence-electron chi connectivity index (χ3n) is 8.20. The number of halogens is 1. The highest BCUT2D eigenvalue weighted by Gasteiger charge is 2.44. The lowest BCUT2D eigenvalue weighted by molar-refractivity contribution is -0.157. The van der Waals surface area contributed by atoms with Crippen LogP contribution in [0.2, 0.25) is 0 Å². The predicted molar refractivity (Wildman–Crippen MR) is 129 cm³/mol. The van der Waals surface area contributed by atoms with E-state index >= 15 is 0 Å². The number of nitrogens with zero attached hydrogens (tertiary/aromatic N) is 2. The molecule has 2 aromatic heterocycles. The summed E-state index contributed by atoms with van der Waals surface area (Å²) in [6, 6.07) is 3.19. The highest BCUT2D eigenvalue weighted by atomic mass is 19.1. The summed E-state index contributed by atoms with van der Waals surface area (Å²) in [7, 11) is 0. The van der Waals surface area contributed by atoms with E-state index in [-0.39, 0.29) is 29.0 Å². The Bertz CT molecular complexity index is 1490. The summed E-state index contributed by atoms with van der Waals surface area (Å²) in [6.07, 6.45) is 1.22. The Balaban J connectivity index is 0.00000112. The Hall–Kier alpha value is -3.10. The van der Waals surface area contributed by atoms with E-state index in [1.165, 1.54) is 11.6 Å². The predicted octanol–water partition coefficient (Wildman–Crippen LogP) is 3.17. The summed E-state index contributed by atoms with van der Waals surface area (Å²) >= 11 is 0. The minimum Gasteiger partial charge on any atom is -0.458 e. The van der Waals surface area contributed by atoms with Gasteiger partial charge in [-0.2, -0.15) is 0 Å². The largest absolute Gasteiger partial charge is 0.458 e. The number of esters is 1. The van der Waals surface area contributed by atoms with Crippen LogP contribution in [0, 0.1) is 12.7 Å². The van der Waals surface area contributed by atoms with Crippen molar-refractivity contribution in [2.75, 3.05) is 13.1 Å². The number of rotatable bonds is 0. The fourth-order valence-electron chi connectivity index (χ4n) is 6.49. The molecule has 182 valence electrons. The molecule has 2 atom stereocenters. The molecule has 35 heavy (non-hydrogen) atoms. The molecule has 3 aromatic rings. The SMILES string of the molecule is CC.Cc1c(F)cc2nc3c(c4c2c1CCC41CCNC1)Cn1c-3cc2c(c1=O)COC(=O)C2O. The topological polar surface area (TPSA) is 93.5 Å². The van der Waals surface area contributed by atoms with Crippen molar-refractivity contribution in [1.29, 1.82) is 0 Å². The molecule has 1 saturated heterocycles. The van der Waals surface area contributed by atoms with Gasteiger partial charge in [0.1, 0.15) is 12.4 Å². The molecule has 5 heterocycles. The van der Waals surface area contributed by atoms with Crippen LogP contribution in [0.5, 0.6) is 0 Å². The van der Waals surface area contributed by atoms with Gasteiger partial charge in [0.2, 0.25) is 0 Å². The van der Waals surface area contributed by atoms with Gasteiger partial charge in [0.15, 0.2) is 6.10 Å². The highest BCUT2D eigenvalue weighted by molar-refractivity contribution is 5.94. The summed E-state index contributed by atoms with van der Waals surface area (Å²) in [4.78, 5) is 30.2. The van der Waals surface area contributed by atoms with Crippen molar-refractivity contribution in [3.05, 3.63) is 61.7 Å². The molecular weight excluding hydrogens is 449 g/mol. The van der Waals surface area contributed by atoms with Gasteiger partial charge >= 0.3 is 5.97 Å². The van der Waals surface area contributed by atoms with E-state index in [9.17, 15) is 19.1 Å². The molecular formula is C27H28FN3O4. The van der Waals surface area contributed by atoms with E-state index in [2.05, 4.69) is 5.32 Å². The zero-order valence-corrected chi connectivity index (χ0v) is 20.1. The van der Waals surface area contributed by atoms with E-state index in [4.69, 9.17) is 9.72 Å². The number of benzene rings is 1. The maximum Gasteiger partial charge on any atom is 0.340 e. The monoisotopic (exact) mass is 477 g/mol. The number of hydrogen-bond acceptors (Lipinski definition) is 6. The van der Waals surface area contributed by atoms with Crippen molar-refractivity contribution in [2.24, 2.45) is 0 Å². The normalized spacial score (nSPS) is 23.5. The molecule has 8 heteroatoms. The van der Waals surface area contributed by atoms with Crippen LogP contribution in [0.15, 0.2) is 16.9 Å². The Morgan fingerprint density at radius 3 is 2.74 bits per heavy atom. The van der Waals surface area contributed by atoms with Gasteiger partial charge in [-0.1, -0.05) is 13.8 Å². The Labute approximate surface area is 201 Å². The number of pyridine rings is 2. The molecule has 2 unspecified atom stereocenters. The van der Waals surface area contributed by atoms with Crippen molar-refractivity contribution in [2.45, 2.75) is 64.7 Å². The zero-order chi connectivity index (χ0) is 24.6. The van der Waals surface area contributed by atoms with Gasteiger partial charge in [-0.3, -0.25) is 4.79 Å². The lowest BCUT2D eigenvalue weighted by Gasteiger charge is -2.37. The molecule has 0 amide bonds. The van der Waals surface area contributed by atoms with Crippen LogP contribution in [0.4, 0.5) is 4.39 Å². The molecule has 0 radical (unpaired) electrons. The molecule has 0 bridgehead atoms. The van der Waals surface area contributed by atoms with Crippen molar-refractivity contribution in [1.82, 2.24) is 14.9 Å². The third kappa shape index (κ3) is 2.87. The summed E-state index contributed by atoms with van der Waals surface area (Å²) in [5, 5.41) is 14.9.